The minimum atomic E-state index is -0.0417. The number of carbonyl (C=O) groups is 2. The summed E-state index contributed by atoms with van der Waals surface area (Å²) >= 11 is 12.7. The molecule has 0 saturated carbocycles. The Morgan fingerprint density at radius 2 is 2.26 bits per heavy atom. The Bertz CT molecular complexity index is 506. The van der Waals surface area contributed by atoms with Gasteiger partial charge in [-0.05, 0) is 17.5 Å². The van der Waals surface area contributed by atoms with Crippen molar-refractivity contribution in [2.45, 2.75) is 13.3 Å². The SMILES string of the molecule is CC(=O)SCC1CC(=O)N(c2cc(Cl)nc(Cl)n2)C1. The van der Waals surface area contributed by atoms with E-state index in [2.05, 4.69) is 9.97 Å². The fourth-order valence-electron chi connectivity index (χ4n) is 1.87. The molecular weight excluding hydrogens is 309 g/mol. The zero-order chi connectivity index (χ0) is 14.0. The van der Waals surface area contributed by atoms with Gasteiger partial charge >= 0.3 is 0 Å². The van der Waals surface area contributed by atoms with Crippen molar-refractivity contribution in [3.63, 3.8) is 0 Å². The second-order valence-electron chi connectivity index (χ2n) is 4.19. The summed E-state index contributed by atoms with van der Waals surface area (Å²) in [5.41, 5.74) is 0. The molecule has 1 atom stereocenters. The molecule has 0 spiro atoms. The summed E-state index contributed by atoms with van der Waals surface area (Å²) in [5.74, 6) is 1.13. The Kier molecular flexibility index (Phi) is 4.65. The molecule has 102 valence electrons. The van der Waals surface area contributed by atoms with E-state index in [0.29, 0.717) is 24.5 Å². The molecule has 2 heterocycles. The molecule has 8 heteroatoms. The number of anilines is 1. The number of rotatable bonds is 3. The molecule has 0 radical (unpaired) electrons. The maximum absolute atomic E-state index is 11.9. The number of aromatic nitrogens is 2. The maximum Gasteiger partial charge on any atom is 0.228 e. The lowest BCUT2D eigenvalue weighted by atomic mass is 10.1. The molecule has 0 N–H and O–H groups in total. The molecule has 0 aliphatic carbocycles. The van der Waals surface area contributed by atoms with E-state index in [-0.39, 0.29) is 27.4 Å². The molecule has 19 heavy (non-hydrogen) atoms. The van der Waals surface area contributed by atoms with Crippen LogP contribution in [0.15, 0.2) is 6.07 Å². The molecule has 2 rings (SSSR count). The molecule has 1 aliphatic rings. The average Bonchev–Trinajstić information content (AvgIpc) is 2.66. The second kappa shape index (κ2) is 6.07. The molecule has 1 aromatic heterocycles. The maximum atomic E-state index is 11.9. The summed E-state index contributed by atoms with van der Waals surface area (Å²) in [5, 5.41) is 0.264. The van der Waals surface area contributed by atoms with Crippen molar-refractivity contribution in [3.05, 3.63) is 16.5 Å². The standard InChI is InChI=1S/C11H11Cl2N3O2S/c1-6(17)19-5-7-2-10(18)16(4-7)9-3-8(12)14-11(13)15-9/h3,7H,2,4-5H2,1H3. The number of hydrogen-bond donors (Lipinski definition) is 0. The summed E-state index contributed by atoms with van der Waals surface area (Å²) in [6.07, 6.45) is 0.402. The van der Waals surface area contributed by atoms with Crippen molar-refractivity contribution < 1.29 is 9.59 Å². The molecule has 1 fully saturated rings. The Labute approximate surface area is 124 Å². The minimum absolute atomic E-state index is 0.0110. The number of thioether (sulfide) groups is 1. The number of halogens is 2. The summed E-state index contributed by atoms with van der Waals surface area (Å²) in [6, 6.07) is 1.51. The summed E-state index contributed by atoms with van der Waals surface area (Å²) in [4.78, 5) is 32.1. The van der Waals surface area contributed by atoms with Gasteiger partial charge in [-0.15, -0.1) is 0 Å². The Hall–Kier alpha value is -0.850. The van der Waals surface area contributed by atoms with Gasteiger partial charge in [-0.25, -0.2) is 9.97 Å². The topological polar surface area (TPSA) is 63.2 Å². The monoisotopic (exact) mass is 319 g/mol. The molecular formula is C11H11Cl2N3O2S. The molecule has 1 aliphatic heterocycles. The van der Waals surface area contributed by atoms with Crippen LogP contribution in [0, 0.1) is 5.92 Å². The quantitative estimate of drug-likeness (QED) is 0.632. The van der Waals surface area contributed by atoms with Crippen LogP contribution in [-0.2, 0) is 9.59 Å². The van der Waals surface area contributed by atoms with Gasteiger partial charge in [-0.2, -0.15) is 0 Å². The van der Waals surface area contributed by atoms with Crippen LogP contribution in [0.2, 0.25) is 10.4 Å². The fourth-order valence-corrected chi connectivity index (χ4v) is 2.96. The molecule has 1 amide bonds. The van der Waals surface area contributed by atoms with E-state index in [0.717, 1.165) is 0 Å². The highest BCUT2D eigenvalue weighted by Gasteiger charge is 2.31. The first-order chi connectivity index (χ1) is 8.95. The largest absolute Gasteiger partial charge is 0.296 e. The van der Waals surface area contributed by atoms with Gasteiger partial charge in [0.15, 0.2) is 5.12 Å². The van der Waals surface area contributed by atoms with E-state index in [1.807, 2.05) is 0 Å². The minimum Gasteiger partial charge on any atom is -0.296 e. The summed E-state index contributed by atoms with van der Waals surface area (Å²) < 4.78 is 0. The predicted molar refractivity (Wildman–Crippen MR) is 75.7 cm³/mol. The third-order valence-electron chi connectivity index (χ3n) is 2.66. The third kappa shape index (κ3) is 3.81. The van der Waals surface area contributed by atoms with Crippen molar-refractivity contribution in [3.8, 4) is 0 Å². The van der Waals surface area contributed by atoms with Crippen molar-refractivity contribution in [2.24, 2.45) is 5.92 Å². The van der Waals surface area contributed by atoms with Crippen molar-refractivity contribution >= 4 is 51.8 Å². The van der Waals surface area contributed by atoms with E-state index < -0.39 is 0 Å². The van der Waals surface area contributed by atoms with Crippen LogP contribution in [0.1, 0.15) is 13.3 Å². The van der Waals surface area contributed by atoms with Crippen molar-refractivity contribution in [1.29, 1.82) is 0 Å². The zero-order valence-corrected chi connectivity index (χ0v) is 12.4. The van der Waals surface area contributed by atoms with Crippen LogP contribution in [-0.4, -0.2) is 33.3 Å². The van der Waals surface area contributed by atoms with Crippen LogP contribution in [0.4, 0.5) is 5.82 Å². The van der Waals surface area contributed by atoms with Crippen molar-refractivity contribution in [2.75, 3.05) is 17.2 Å². The highest BCUT2D eigenvalue weighted by atomic mass is 35.5. The first-order valence-corrected chi connectivity index (χ1v) is 7.33. The van der Waals surface area contributed by atoms with Gasteiger partial charge in [0, 0.05) is 31.7 Å². The molecule has 1 unspecified atom stereocenters. The van der Waals surface area contributed by atoms with Gasteiger partial charge in [0.2, 0.25) is 11.2 Å². The van der Waals surface area contributed by atoms with Crippen molar-refractivity contribution in [1.82, 2.24) is 9.97 Å². The number of amides is 1. The third-order valence-corrected chi connectivity index (χ3v) is 4.07. The van der Waals surface area contributed by atoms with Gasteiger partial charge in [0.25, 0.3) is 0 Å². The van der Waals surface area contributed by atoms with Crippen LogP contribution in [0.3, 0.4) is 0 Å². The van der Waals surface area contributed by atoms with Crippen LogP contribution >= 0.6 is 35.0 Å². The Morgan fingerprint density at radius 3 is 2.89 bits per heavy atom. The highest BCUT2D eigenvalue weighted by Crippen LogP contribution is 2.28. The summed E-state index contributed by atoms with van der Waals surface area (Å²) in [7, 11) is 0. The first kappa shape index (κ1) is 14.6. The zero-order valence-electron chi connectivity index (χ0n) is 10.1. The average molecular weight is 320 g/mol. The van der Waals surface area contributed by atoms with Crippen LogP contribution < -0.4 is 4.90 Å². The van der Waals surface area contributed by atoms with E-state index >= 15 is 0 Å². The fraction of sp³-hybridized carbons (Fsp3) is 0.455. The van der Waals surface area contributed by atoms with E-state index in [4.69, 9.17) is 23.2 Å². The van der Waals surface area contributed by atoms with E-state index in [1.54, 1.807) is 0 Å². The molecule has 1 saturated heterocycles. The van der Waals surface area contributed by atoms with Gasteiger partial charge in [-0.1, -0.05) is 23.4 Å². The van der Waals surface area contributed by atoms with Crippen LogP contribution in [0.5, 0.6) is 0 Å². The molecule has 1 aromatic rings. The predicted octanol–water partition coefficient (Wildman–Crippen LogP) is 2.42. The lowest BCUT2D eigenvalue weighted by molar-refractivity contribution is -0.117. The van der Waals surface area contributed by atoms with Gasteiger partial charge in [0.05, 0.1) is 0 Å². The molecule has 0 aromatic carbocycles. The Morgan fingerprint density at radius 1 is 1.53 bits per heavy atom. The molecule has 0 bridgehead atoms. The highest BCUT2D eigenvalue weighted by molar-refractivity contribution is 8.13. The molecule has 5 nitrogen and oxygen atoms in total. The van der Waals surface area contributed by atoms with Crippen LogP contribution in [0.25, 0.3) is 0 Å². The lowest BCUT2D eigenvalue weighted by Crippen LogP contribution is -2.26. The lowest BCUT2D eigenvalue weighted by Gasteiger charge is -2.15. The van der Waals surface area contributed by atoms with Gasteiger partial charge < -0.3 is 0 Å². The summed E-state index contributed by atoms with van der Waals surface area (Å²) in [6.45, 7) is 2.03. The number of hydrogen-bond acceptors (Lipinski definition) is 5. The number of nitrogens with zero attached hydrogens (tertiary/aromatic N) is 3. The number of carbonyl (C=O) groups excluding carboxylic acids is 2. The smallest absolute Gasteiger partial charge is 0.228 e. The first-order valence-electron chi connectivity index (χ1n) is 5.59. The van der Waals surface area contributed by atoms with E-state index in [1.165, 1.54) is 29.7 Å². The van der Waals surface area contributed by atoms with E-state index in [9.17, 15) is 9.59 Å². The van der Waals surface area contributed by atoms with Gasteiger partial charge in [-0.3, -0.25) is 14.5 Å². The normalized spacial score (nSPS) is 19.0. The van der Waals surface area contributed by atoms with Gasteiger partial charge in [0.1, 0.15) is 11.0 Å². The Balaban J connectivity index is 2.09. The second-order valence-corrected chi connectivity index (χ2v) is 6.12.